The minimum absolute atomic E-state index is 0.598. The van der Waals surface area contributed by atoms with Crippen LogP contribution in [0.2, 0.25) is 0 Å². The zero-order valence-corrected chi connectivity index (χ0v) is 28.9. The summed E-state index contributed by atoms with van der Waals surface area (Å²) in [5.74, 6) is 2.45. The van der Waals surface area contributed by atoms with Crippen LogP contribution < -0.4 is 0 Å². The molecule has 0 N–H and O–H groups in total. The Morgan fingerprint density at radius 1 is 0.389 bits per heavy atom. The fraction of sp³-hybridized carbons (Fsp3) is 0. The summed E-state index contributed by atoms with van der Waals surface area (Å²) in [5, 5.41) is 6.62. The lowest BCUT2D eigenvalue weighted by Gasteiger charge is -2.10. The maximum Gasteiger partial charge on any atom is 0.227 e. The molecule has 0 aliphatic carbocycles. The molecule has 3 aromatic heterocycles. The predicted molar refractivity (Wildman–Crippen MR) is 218 cm³/mol. The Morgan fingerprint density at radius 2 is 0.963 bits per heavy atom. The molecular weight excluding hydrogens is 663 g/mol. The van der Waals surface area contributed by atoms with Crippen molar-refractivity contribution in [3.05, 3.63) is 176 Å². The Kier molecular flexibility index (Phi) is 6.75. The highest BCUT2D eigenvalue weighted by molar-refractivity contribution is 6.27. The lowest BCUT2D eigenvalue weighted by atomic mass is 10.0. The van der Waals surface area contributed by atoms with E-state index in [0.717, 1.165) is 71.6 Å². The molecule has 6 nitrogen and oxygen atoms in total. The van der Waals surface area contributed by atoms with E-state index in [1.165, 1.54) is 10.8 Å². The van der Waals surface area contributed by atoms with Gasteiger partial charge in [-0.25, -0.2) is 19.9 Å². The van der Waals surface area contributed by atoms with Gasteiger partial charge in [0.1, 0.15) is 5.52 Å². The number of oxazole rings is 1. The van der Waals surface area contributed by atoms with Crippen molar-refractivity contribution in [2.24, 2.45) is 0 Å². The molecule has 252 valence electrons. The van der Waals surface area contributed by atoms with Crippen LogP contribution in [0.4, 0.5) is 0 Å². The number of fused-ring (bicyclic) bond motifs is 8. The van der Waals surface area contributed by atoms with Crippen LogP contribution in [-0.4, -0.2) is 24.5 Å². The molecule has 0 bridgehead atoms. The molecule has 0 atom stereocenters. The highest BCUT2D eigenvalue weighted by Crippen LogP contribution is 2.42. The maximum absolute atomic E-state index is 6.69. The van der Waals surface area contributed by atoms with Gasteiger partial charge < -0.3 is 8.98 Å². The fourth-order valence-electron chi connectivity index (χ4n) is 7.68. The molecule has 0 saturated carbocycles. The second-order valence-corrected chi connectivity index (χ2v) is 13.5. The number of hydrogen-bond donors (Lipinski definition) is 0. The van der Waals surface area contributed by atoms with E-state index in [9.17, 15) is 0 Å². The van der Waals surface area contributed by atoms with E-state index in [2.05, 4.69) is 89.5 Å². The van der Waals surface area contributed by atoms with Crippen LogP contribution in [0, 0.1) is 0 Å². The number of hydrogen-bond acceptors (Lipinski definition) is 5. The summed E-state index contributed by atoms with van der Waals surface area (Å²) < 4.78 is 9.04. The zero-order chi connectivity index (χ0) is 35.6. The summed E-state index contributed by atoms with van der Waals surface area (Å²) in [6.45, 7) is 0. The molecule has 11 aromatic rings. The molecule has 0 aliphatic rings. The molecule has 54 heavy (non-hydrogen) atoms. The average Bonchev–Trinajstić information content (AvgIpc) is 3.84. The largest absolute Gasteiger partial charge is 0.435 e. The Bertz CT molecular complexity index is 3150. The van der Waals surface area contributed by atoms with Gasteiger partial charge in [0.2, 0.25) is 5.89 Å². The van der Waals surface area contributed by atoms with Crippen LogP contribution >= 0.6 is 0 Å². The van der Waals surface area contributed by atoms with Crippen LogP contribution in [0.25, 0.3) is 106 Å². The van der Waals surface area contributed by atoms with E-state index < -0.39 is 0 Å². The maximum atomic E-state index is 6.69. The van der Waals surface area contributed by atoms with Crippen LogP contribution in [0.15, 0.2) is 180 Å². The van der Waals surface area contributed by atoms with Crippen molar-refractivity contribution in [2.75, 3.05) is 0 Å². The molecule has 8 aromatic carbocycles. The number of aromatic nitrogens is 5. The average molecular weight is 692 g/mol. The molecular formula is C48H29N5O. The van der Waals surface area contributed by atoms with E-state index in [-0.39, 0.29) is 0 Å². The van der Waals surface area contributed by atoms with Crippen molar-refractivity contribution in [1.82, 2.24) is 24.5 Å². The quantitative estimate of drug-likeness (QED) is 0.180. The SMILES string of the molecule is c1ccc(-c2nc(-c3ccccc3)nc(-c3ccc4c(c3)c3c5c(ccc6nc(-c7ccccc7)oc65)ccc3n4-c3ccc4ccccc4c3)n2)cc1. The number of rotatable bonds is 5. The molecule has 0 unspecified atom stereocenters. The first kappa shape index (κ1) is 30.2. The summed E-state index contributed by atoms with van der Waals surface area (Å²) in [4.78, 5) is 20.1. The summed E-state index contributed by atoms with van der Waals surface area (Å²) in [7, 11) is 0. The zero-order valence-electron chi connectivity index (χ0n) is 28.9. The third-order valence-corrected chi connectivity index (χ3v) is 10.2. The van der Waals surface area contributed by atoms with Gasteiger partial charge in [-0.1, -0.05) is 121 Å². The van der Waals surface area contributed by atoms with Gasteiger partial charge in [0.25, 0.3) is 0 Å². The van der Waals surface area contributed by atoms with E-state index in [1.54, 1.807) is 0 Å². The van der Waals surface area contributed by atoms with Gasteiger partial charge in [-0.15, -0.1) is 0 Å². The summed E-state index contributed by atoms with van der Waals surface area (Å²) >= 11 is 0. The normalized spacial score (nSPS) is 11.7. The molecule has 0 fully saturated rings. The molecule has 3 heterocycles. The van der Waals surface area contributed by atoms with E-state index in [4.69, 9.17) is 24.4 Å². The monoisotopic (exact) mass is 691 g/mol. The summed E-state index contributed by atoms with van der Waals surface area (Å²) in [5.41, 5.74) is 8.48. The van der Waals surface area contributed by atoms with Crippen molar-refractivity contribution in [1.29, 1.82) is 0 Å². The van der Waals surface area contributed by atoms with E-state index in [0.29, 0.717) is 23.4 Å². The van der Waals surface area contributed by atoms with Gasteiger partial charge in [-0.2, -0.15) is 0 Å². The highest BCUT2D eigenvalue weighted by Gasteiger charge is 2.21. The Labute approximate surface area is 309 Å². The van der Waals surface area contributed by atoms with Crippen molar-refractivity contribution in [2.45, 2.75) is 0 Å². The van der Waals surface area contributed by atoms with Gasteiger partial charge in [0, 0.05) is 44.1 Å². The van der Waals surface area contributed by atoms with Gasteiger partial charge in [-0.3, -0.25) is 0 Å². The fourth-order valence-corrected chi connectivity index (χ4v) is 7.68. The first-order valence-corrected chi connectivity index (χ1v) is 18.0. The molecule has 0 spiro atoms. The highest BCUT2D eigenvalue weighted by atomic mass is 16.3. The molecule has 11 rings (SSSR count). The second-order valence-electron chi connectivity index (χ2n) is 13.5. The minimum Gasteiger partial charge on any atom is -0.435 e. The first-order valence-electron chi connectivity index (χ1n) is 18.0. The van der Waals surface area contributed by atoms with Crippen LogP contribution in [0.1, 0.15) is 0 Å². The topological polar surface area (TPSA) is 69.6 Å². The van der Waals surface area contributed by atoms with Crippen molar-refractivity contribution >= 4 is 54.5 Å². The van der Waals surface area contributed by atoms with Gasteiger partial charge in [0.15, 0.2) is 23.1 Å². The van der Waals surface area contributed by atoms with E-state index >= 15 is 0 Å². The lowest BCUT2D eigenvalue weighted by molar-refractivity contribution is 0.623. The van der Waals surface area contributed by atoms with Gasteiger partial charge >= 0.3 is 0 Å². The third kappa shape index (κ3) is 4.89. The lowest BCUT2D eigenvalue weighted by Crippen LogP contribution is -2.00. The predicted octanol–water partition coefficient (Wildman–Crippen LogP) is 12.1. The molecule has 0 radical (unpaired) electrons. The number of benzene rings is 8. The summed E-state index contributed by atoms with van der Waals surface area (Å²) in [6.07, 6.45) is 0. The summed E-state index contributed by atoms with van der Waals surface area (Å²) in [6, 6.07) is 60.5. The van der Waals surface area contributed by atoms with Crippen molar-refractivity contribution < 1.29 is 4.42 Å². The minimum atomic E-state index is 0.598. The Hall–Kier alpha value is -7.44. The van der Waals surface area contributed by atoms with E-state index in [1.807, 2.05) is 91.0 Å². The third-order valence-electron chi connectivity index (χ3n) is 10.2. The number of nitrogens with zero attached hydrogens (tertiary/aromatic N) is 5. The Balaban J connectivity index is 1.22. The second kappa shape index (κ2) is 12.1. The Morgan fingerprint density at radius 3 is 1.67 bits per heavy atom. The van der Waals surface area contributed by atoms with Gasteiger partial charge in [0.05, 0.1) is 11.0 Å². The smallest absolute Gasteiger partial charge is 0.227 e. The van der Waals surface area contributed by atoms with Crippen molar-refractivity contribution in [3.63, 3.8) is 0 Å². The van der Waals surface area contributed by atoms with Gasteiger partial charge in [-0.05, 0) is 70.8 Å². The van der Waals surface area contributed by atoms with Crippen molar-refractivity contribution in [3.8, 4) is 51.3 Å². The molecule has 0 amide bonds. The van der Waals surface area contributed by atoms with Crippen LogP contribution in [0.3, 0.4) is 0 Å². The van der Waals surface area contributed by atoms with Crippen LogP contribution in [-0.2, 0) is 0 Å². The van der Waals surface area contributed by atoms with Crippen LogP contribution in [0.5, 0.6) is 0 Å². The molecule has 0 saturated heterocycles. The molecule has 6 heteroatoms. The first-order chi connectivity index (χ1) is 26.7. The molecule has 0 aliphatic heterocycles. The standard InChI is InChI=1S/C48H29N5O/c1-4-13-32(14-5-1)45-50-46(33-15-6-2-7-16-33)52-47(51-45)36-23-26-40-38(29-36)43-41(53(40)37-24-20-30-12-10-11-19-35(30)28-37)27-22-31-21-25-39-44(42(31)43)54-48(49-39)34-17-8-3-9-18-34/h1-29H.